The minimum Gasteiger partial charge on any atom is -0.495 e. The van der Waals surface area contributed by atoms with Crippen molar-refractivity contribution in [3.8, 4) is 5.75 Å². The molecule has 1 amide bonds. The Morgan fingerprint density at radius 2 is 1.88 bits per heavy atom. The molecule has 0 aliphatic heterocycles. The van der Waals surface area contributed by atoms with Crippen LogP contribution in [0.15, 0.2) is 48.5 Å². The van der Waals surface area contributed by atoms with Crippen LogP contribution in [-0.4, -0.2) is 19.6 Å². The predicted molar refractivity (Wildman–Crippen MR) is 103 cm³/mol. The van der Waals surface area contributed by atoms with Crippen LogP contribution >= 0.6 is 0 Å². The maximum atomic E-state index is 12.9. The minimum absolute atomic E-state index is 0.0772. The fourth-order valence-corrected chi connectivity index (χ4v) is 2.75. The summed E-state index contributed by atoms with van der Waals surface area (Å²) in [4.78, 5) is 12.9. The van der Waals surface area contributed by atoms with E-state index in [0.29, 0.717) is 11.4 Å². The first kappa shape index (κ1) is 19.0. The number of hydrogen-bond acceptors (Lipinski definition) is 3. The quantitative estimate of drug-likeness (QED) is 0.663. The van der Waals surface area contributed by atoms with Crippen LogP contribution in [0.1, 0.15) is 43.4 Å². The van der Waals surface area contributed by atoms with Gasteiger partial charge in [0.05, 0.1) is 12.8 Å². The van der Waals surface area contributed by atoms with Crippen LogP contribution in [0.5, 0.6) is 5.75 Å². The summed E-state index contributed by atoms with van der Waals surface area (Å²) in [5, 5.41) is 6.41. The summed E-state index contributed by atoms with van der Waals surface area (Å²) >= 11 is 0. The van der Waals surface area contributed by atoms with E-state index >= 15 is 0 Å². The van der Waals surface area contributed by atoms with Gasteiger partial charge in [-0.25, -0.2) is 0 Å². The molecule has 0 bridgehead atoms. The molecule has 0 spiro atoms. The molecule has 0 unspecified atom stereocenters. The number of benzene rings is 2. The molecule has 25 heavy (non-hydrogen) atoms. The highest BCUT2D eigenvalue weighted by molar-refractivity contribution is 5.96. The number of unbranched alkanes of at least 4 members (excludes halogenated alkanes) is 2. The average Bonchev–Trinajstić information content (AvgIpc) is 2.62. The maximum absolute atomic E-state index is 12.9. The monoisotopic (exact) mass is 340 g/mol. The summed E-state index contributed by atoms with van der Waals surface area (Å²) in [6, 6.07) is 15.2. The first-order valence-electron chi connectivity index (χ1n) is 8.89. The molecule has 0 heterocycles. The van der Waals surface area contributed by atoms with Crippen molar-refractivity contribution in [3.63, 3.8) is 0 Å². The number of methoxy groups -OCH3 is 1. The zero-order valence-corrected chi connectivity index (χ0v) is 15.3. The van der Waals surface area contributed by atoms with Crippen LogP contribution in [-0.2, 0) is 4.79 Å². The second kappa shape index (κ2) is 9.84. The lowest BCUT2D eigenvalue weighted by molar-refractivity contribution is -0.118. The Morgan fingerprint density at radius 1 is 1.12 bits per heavy atom. The molecule has 0 aromatic heterocycles. The van der Waals surface area contributed by atoms with Crippen molar-refractivity contribution in [1.29, 1.82) is 0 Å². The number of rotatable bonds is 9. The first-order valence-corrected chi connectivity index (χ1v) is 8.89. The van der Waals surface area contributed by atoms with Gasteiger partial charge in [-0.1, -0.05) is 56.2 Å². The third kappa shape index (κ3) is 5.61. The van der Waals surface area contributed by atoms with Crippen LogP contribution in [0.2, 0.25) is 0 Å². The lowest BCUT2D eigenvalue weighted by atomic mass is 10.1. The van der Waals surface area contributed by atoms with Gasteiger partial charge in [0.1, 0.15) is 11.8 Å². The molecule has 2 rings (SSSR count). The molecule has 0 saturated carbocycles. The highest BCUT2D eigenvalue weighted by Crippen LogP contribution is 2.26. The molecular formula is C21H28N2O2. The molecule has 2 aromatic rings. The van der Waals surface area contributed by atoms with E-state index in [9.17, 15) is 4.79 Å². The average molecular weight is 340 g/mol. The van der Waals surface area contributed by atoms with Gasteiger partial charge in [-0.2, -0.15) is 0 Å². The Bertz CT molecular complexity index is 671. The van der Waals surface area contributed by atoms with E-state index in [0.717, 1.165) is 36.9 Å². The fraction of sp³-hybridized carbons (Fsp3) is 0.381. The zero-order chi connectivity index (χ0) is 18.1. The second-order valence-electron chi connectivity index (χ2n) is 6.20. The van der Waals surface area contributed by atoms with Crippen LogP contribution < -0.4 is 15.4 Å². The molecule has 0 aliphatic rings. The number of carbonyl (C=O) groups is 1. The van der Waals surface area contributed by atoms with E-state index in [-0.39, 0.29) is 11.9 Å². The molecule has 0 saturated heterocycles. The van der Waals surface area contributed by atoms with Crippen molar-refractivity contribution in [3.05, 3.63) is 59.7 Å². The van der Waals surface area contributed by atoms with Gasteiger partial charge >= 0.3 is 0 Å². The van der Waals surface area contributed by atoms with Crippen molar-refractivity contribution in [2.45, 2.75) is 39.2 Å². The molecule has 0 aliphatic carbocycles. The standard InChI is InChI=1S/C21H28N2O2/c1-4-5-9-14-22-20(17-10-7-6-8-11-17)21(24)23-18-15-16(2)12-13-19(18)25-3/h6-8,10-13,15,20,22H,4-5,9,14H2,1-3H3,(H,23,24)/t20-/m1/s1. The van der Waals surface area contributed by atoms with Gasteiger partial charge in [0, 0.05) is 0 Å². The number of nitrogens with one attached hydrogen (secondary N) is 2. The summed E-state index contributed by atoms with van der Waals surface area (Å²) in [5.41, 5.74) is 2.73. The molecule has 2 N–H and O–H groups in total. The first-order chi connectivity index (χ1) is 12.2. The zero-order valence-electron chi connectivity index (χ0n) is 15.3. The second-order valence-corrected chi connectivity index (χ2v) is 6.20. The third-order valence-corrected chi connectivity index (χ3v) is 4.14. The summed E-state index contributed by atoms with van der Waals surface area (Å²) in [6.07, 6.45) is 3.37. The number of aryl methyl sites for hydroxylation is 1. The minimum atomic E-state index is -0.386. The van der Waals surface area contributed by atoms with Gasteiger partial charge in [-0.15, -0.1) is 0 Å². The van der Waals surface area contributed by atoms with Crippen molar-refractivity contribution >= 4 is 11.6 Å². The van der Waals surface area contributed by atoms with Crippen LogP contribution in [0, 0.1) is 6.92 Å². The number of hydrogen-bond donors (Lipinski definition) is 2. The van der Waals surface area contributed by atoms with Crippen LogP contribution in [0.4, 0.5) is 5.69 Å². The Labute approximate surface area is 150 Å². The van der Waals surface area contributed by atoms with Gasteiger partial charge in [-0.3, -0.25) is 4.79 Å². The lowest BCUT2D eigenvalue weighted by Crippen LogP contribution is -2.33. The topological polar surface area (TPSA) is 50.4 Å². The Hall–Kier alpha value is -2.33. The van der Waals surface area contributed by atoms with E-state index < -0.39 is 0 Å². The molecule has 1 atom stereocenters. The van der Waals surface area contributed by atoms with Crippen molar-refractivity contribution < 1.29 is 9.53 Å². The highest BCUT2D eigenvalue weighted by atomic mass is 16.5. The summed E-state index contributed by atoms with van der Waals surface area (Å²) < 4.78 is 5.36. The third-order valence-electron chi connectivity index (χ3n) is 4.14. The van der Waals surface area contributed by atoms with E-state index in [4.69, 9.17) is 4.74 Å². The van der Waals surface area contributed by atoms with E-state index in [2.05, 4.69) is 17.6 Å². The maximum Gasteiger partial charge on any atom is 0.246 e. The smallest absolute Gasteiger partial charge is 0.246 e. The van der Waals surface area contributed by atoms with Crippen molar-refractivity contribution in [2.24, 2.45) is 0 Å². The molecule has 134 valence electrons. The lowest BCUT2D eigenvalue weighted by Gasteiger charge is -2.20. The molecular weight excluding hydrogens is 312 g/mol. The van der Waals surface area contributed by atoms with E-state index in [1.54, 1.807) is 7.11 Å². The Kier molecular flexibility index (Phi) is 7.48. The van der Waals surface area contributed by atoms with Crippen LogP contribution in [0.25, 0.3) is 0 Å². The van der Waals surface area contributed by atoms with Crippen molar-refractivity contribution in [1.82, 2.24) is 5.32 Å². The highest BCUT2D eigenvalue weighted by Gasteiger charge is 2.21. The normalized spacial score (nSPS) is 11.8. The summed E-state index contributed by atoms with van der Waals surface area (Å²) in [7, 11) is 1.61. The van der Waals surface area contributed by atoms with Gasteiger partial charge in [-0.05, 0) is 43.1 Å². The van der Waals surface area contributed by atoms with Crippen molar-refractivity contribution in [2.75, 3.05) is 19.0 Å². The molecule has 0 radical (unpaired) electrons. The summed E-state index contributed by atoms with van der Waals surface area (Å²) in [5.74, 6) is 0.586. The SMILES string of the molecule is CCCCCN[C@@H](C(=O)Nc1cc(C)ccc1OC)c1ccccc1. The van der Waals surface area contributed by atoms with Gasteiger partial charge in [0.2, 0.25) is 5.91 Å². The van der Waals surface area contributed by atoms with Gasteiger partial charge in [0.25, 0.3) is 0 Å². The predicted octanol–water partition coefficient (Wildman–Crippen LogP) is 4.46. The number of ether oxygens (including phenoxy) is 1. The largest absolute Gasteiger partial charge is 0.495 e. The molecule has 2 aromatic carbocycles. The van der Waals surface area contributed by atoms with Crippen LogP contribution in [0.3, 0.4) is 0 Å². The number of anilines is 1. The van der Waals surface area contributed by atoms with Gasteiger partial charge < -0.3 is 15.4 Å². The molecule has 0 fully saturated rings. The molecule has 4 heteroatoms. The Morgan fingerprint density at radius 3 is 2.56 bits per heavy atom. The summed E-state index contributed by atoms with van der Waals surface area (Å²) in [6.45, 7) is 4.98. The number of amides is 1. The Balaban J connectivity index is 2.16. The number of carbonyl (C=O) groups excluding carboxylic acids is 1. The fourth-order valence-electron chi connectivity index (χ4n) is 2.75. The van der Waals surface area contributed by atoms with Gasteiger partial charge in [0.15, 0.2) is 0 Å². The van der Waals surface area contributed by atoms with E-state index in [1.165, 1.54) is 0 Å². The van der Waals surface area contributed by atoms with E-state index in [1.807, 2.05) is 55.5 Å². The molecule has 4 nitrogen and oxygen atoms in total.